The van der Waals surface area contributed by atoms with Crippen LogP contribution >= 0.6 is 22.6 Å². The van der Waals surface area contributed by atoms with Crippen LogP contribution in [0.25, 0.3) is 0 Å². The van der Waals surface area contributed by atoms with E-state index < -0.39 is 6.04 Å². The van der Waals surface area contributed by atoms with Crippen LogP contribution in [-0.2, 0) is 9.59 Å². The summed E-state index contributed by atoms with van der Waals surface area (Å²) in [4.78, 5) is 39.2. The molecule has 0 saturated carbocycles. The number of ketones is 1. The molecule has 2 rings (SSSR count). The molecule has 0 aliphatic carbocycles. The van der Waals surface area contributed by atoms with E-state index in [9.17, 15) is 14.4 Å². The lowest BCUT2D eigenvalue weighted by molar-refractivity contribution is -0.125. The molecule has 160 valence electrons. The number of rotatable bonds is 10. The summed E-state index contributed by atoms with van der Waals surface area (Å²) < 4.78 is 0.883. The zero-order chi connectivity index (χ0) is 22.1. The van der Waals surface area contributed by atoms with Crippen LogP contribution in [-0.4, -0.2) is 43.8 Å². The lowest BCUT2D eigenvalue weighted by Gasteiger charge is -2.21. The maximum atomic E-state index is 13.0. The zero-order valence-electron chi connectivity index (χ0n) is 16.9. The molecular weight excluding hydrogens is 495 g/mol. The Balaban J connectivity index is 2.09. The van der Waals surface area contributed by atoms with Crippen molar-refractivity contribution < 1.29 is 14.4 Å². The minimum absolute atomic E-state index is 0.172. The van der Waals surface area contributed by atoms with Crippen LogP contribution < -0.4 is 21.7 Å². The maximum absolute atomic E-state index is 13.0. The number of anilines is 1. The Kier molecular flexibility index (Phi) is 9.41. The third-order valence-electron chi connectivity index (χ3n) is 4.69. The Hall–Kier alpha value is -2.30. The van der Waals surface area contributed by atoms with Gasteiger partial charge in [0.25, 0.3) is 0 Å². The first-order valence-corrected chi connectivity index (χ1v) is 10.8. The van der Waals surface area contributed by atoms with E-state index in [-0.39, 0.29) is 24.1 Å². The molecule has 2 amide bonds. The van der Waals surface area contributed by atoms with Crippen LogP contribution in [0.3, 0.4) is 0 Å². The largest absolute Gasteiger partial charge is 0.346 e. The maximum Gasteiger partial charge on any atom is 0.246 e. The smallest absolute Gasteiger partial charge is 0.246 e. The fourth-order valence-corrected chi connectivity index (χ4v) is 3.41. The van der Waals surface area contributed by atoms with Gasteiger partial charge in [0.05, 0.1) is 18.3 Å². The highest BCUT2D eigenvalue weighted by molar-refractivity contribution is 14.1. The van der Waals surface area contributed by atoms with Gasteiger partial charge in [-0.05, 0) is 60.2 Å². The van der Waals surface area contributed by atoms with E-state index in [2.05, 4.69) is 27.9 Å². The highest BCUT2D eigenvalue weighted by Crippen LogP contribution is 2.25. The van der Waals surface area contributed by atoms with Crippen molar-refractivity contribution in [2.75, 3.05) is 25.0 Å². The van der Waals surface area contributed by atoms with E-state index >= 15 is 0 Å². The highest BCUT2D eigenvalue weighted by Gasteiger charge is 2.21. The minimum atomic E-state index is -0.678. The molecule has 1 atom stereocenters. The van der Waals surface area contributed by atoms with Crippen molar-refractivity contribution in [2.24, 2.45) is 11.5 Å². The van der Waals surface area contributed by atoms with Crippen LogP contribution in [0.1, 0.15) is 35.2 Å². The number of carbonyl (C=O) groups is 3. The van der Waals surface area contributed by atoms with Gasteiger partial charge in [0.1, 0.15) is 0 Å². The Morgan fingerprint density at radius 1 is 1.10 bits per heavy atom. The average molecular weight is 522 g/mol. The number of halogens is 1. The second kappa shape index (κ2) is 11.8. The molecule has 0 spiro atoms. The number of carbonyl (C=O) groups excluding carboxylic acids is 3. The second-order valence-corrected chi connectivity index (χ2v) is 8.16. The number of nitrogens with one attached hydrogen (secondary N) is 1. The molecule has 2 aromatic carbocycles. The van der Waals surface area contributed by atoms with Crippen molar-refractivity contribution in [1.82, 2.24) is 5.32 Å². The van der Waals surface area contributed by atoms with Crippen LogP contribution in [0.4, 0.5) is 5.69 Å². The summed E-state index contributed by atoms with van der Waals surface area (Å²) in [5.41, 5.74) is 12.7. The summed E-state index contributed by atoms with van der Waals surface area (Å²) in [7, 11) is 1.58. The predicted octanol–water partition coefficient (Wildman–Crippen LogP) is 2.06. The molecule has 7 nitrogen and oxygen atoms in total. The molecule has 2 aromatic rings. The molecule has 0 saturated heterocycles. The van der Waals surface area contributed by atoms with Crippen molar-refractivity contribution in [3.8, 4) is 0 Å². The first-order chi connectivity index (χ1) is 14.3. The lowest BCUT2D eigenvalue weighted by atomic mass is 10.0. The van der Waals surface area contributed by atoms with Crippen molar-refractivity contribution >= 4 is 45.9 Å². The van der Waals surface area contributed by atoms with Gasteiger partial charge < -0.3 is 21.7 Å². The highest BCUT2D eigenvalue weighted by atomic mass is 127. The summed E-state index contributed by atoms with van der Waals surface area (Å²) in [6.07, 6.45) is 2.07. The summed E-state index contributed by atoms with van der Waals surface area (Å²) in [6.45, 7) is 0.350. The number of likely N-dealkylation sites (N-methyl/N-ethyl adjacent to an activating group) is 1. The zero-order valence-corrected chi connectivity index (χ0v) is 19.1. The van der Waals surface area contributed by atoms with Crippen molar-refractivity contribution in [1.29, 1.82) is 0 Å². The number of nitrogens with zero attached hydrogens (tertiary/aromatic N) is 1. The van der Waals surface area contributed by atoms with Gasteiger partial charge in [0, 0.05) is 21.7 Å². The van der Waals surface area contributed by atoms with E-state index in [1.807, 2.05) is 12.1 Å². The van der Waals surface area contributed by atoms with Gasteiger partial charge in [-0.2, -0.15) is 0 Å². The topological polar surface area (TPSA) is 119 Å². The summed E-state index contributed by atoms with van der Waals surface area (Å²) in [5.74, 6) is -0.896. The third kappa shape index (κ3) is 6.61. The Morgan fingerprint density at radius 3 is 2.47 bits per heavy atom. The first kappa shape index (κ1) is 24.0. The number of hydrogen-bond acceptors (Lipinski definition) is 5. The Labute approximate surface area is 190 Å². The molecule has 0 aliphatic heterocycles. The van der Waals surface area contributed by atoms with Gasteiger partial charge in [-0.1, -0.05) is 36.8 Å². The van der Waals surface area contributed by atoms with E-state index in [0.29, 0.717) is 29.8 Å². The fraction of sp³-hybridized carbons (Fsp3) is 0.318. The van der Waals surface area contributed by atoms with Gasteiger partial charge in [-0.15, -0.1) is 0 Å². The van der Waals surface area contributed by atoms with Crippen LogP contribution in [0, 0.1) is 3.57 Å². The number of benzene rings is 2. The van der Waals surface area contributed by atoms with Crippen LogP contribution in [0.5, 0.6) is 0 Å². The Morgan fingerprint density at radius 2 is 1.80 bits per heavy atom. The van der Waals surface area contributed by atoms with Gasteiger partial charge in [0.2, 0.25) is 11.8 Å². The number of unbranched alkanes of at least 4 members (excludes halogenated alkanes) is 1. The molecule has 0 fully saturated rings. The van der Waals surface area contributed by atoms with Gasteiger partial charge in [-0.25, -0.2) is 0 Å². The number of hydrogen-bond donors (Lipinski definition) is 3. The average Bonchev–Trinajstić information content (AvgIpc) is 2.76. The molecule has 0 aromatic heterocycles. The quantitative estimate of drug-likeness (QED) is 0.251. The number of nitrogens with two attached hydrogens (primary N) is 2. The third-order valence-corrected chi connectivity index (χ3v) is 5.37. The molecular formula is C22H27IN4O3. The van der Waals surface area contributed by atoms with E-state index in [4.69, 9.17) is 11.5 Å². The van der Waals surface area contributed by atoms with E-state index in [1.165, 1.54) is 4.90 Å². The normalized spacial score (nSPS) is 11.6. The Bertz CT molecular complexity index is 889. The SMILES string of the molecule is CN(C(=O)CNC(=O)[C@@H](N)CCCCN)c1ccc(I)cc1C(=O)c1ccccc1. The van der Waals surface area contributed by atoms with E-state index in [1.54, 1.807) is 43.4 Å². The van der Waals surface area contributed by atoms with Crippen LogP contribution in [0.15, 0.2) is 48.5 Å². The van der Waals surface area contributed by atoms with Crippen molar-refractivity contribution in [3.63, 3.8) is 0 Å². The molecule has 0 aliphatic rings. The number of amides is 2. The second-order valence-electron chi connectivity index (χ2n) is 6.92. The monoisotopic (exact) mass is 522 g/mol. The summed E-state index contributed by atoms with van der Waals surface area (Å²) in [5, 5.41) is 2.58. The van der Waals surface area contributed by atoms with Crippen molar-refractivity contribution in [3.05, 3.63) is 63.2 Å². The first-order valence-electron chi connectivity index (χ1n) is 9.74. The molecule has 5 N–H and O–H groups in total. The molecule has 0 bridgehead atoms. The minimum Gasteiger partial charge on any atom is -0.346 e. The molecule has 0 heterocycles. The van der Waals surface area contributed by atoms with Gasteiger partial charge in [-0.3, -0.25) is 14.4 Å². The molecule has 0 radical (unpaired) electrons. The molecule has 0 unspecified atom stereocenters. The fourth-order valence-electron chi connectivity index (χ4n) is 2.91. The van der Waals surface area contributed by atoms with Gasteiger partial charge in [0.15, 0.2) is 5.78 Å². The summed E-state index contributed by atoms with van der Waals surface area (Å²) in [6, 6.07) is 13.5. The summed E-state index contributed by atoms with van der Waals surface area (Å²) >= 11 is 2.13. The van der Waals surface area contributed by atoms with Gasteiger partial charge >= 0.3 is 0 Å². The van der Waals surface area contributed by atoms with E-state index in [0.717, 1.165) is 16.4 Å². The van der Waals surface area contributed by atoms with Crippen molar-refractivity contribution in [2.45, 2.75) is 25.3 Å². The molecule has 8 heteroatoms. The lowest BCUT2D eigenvalue weighted by Crippen LogP contribution is -2.45. The molecule has 30 heavy (non-hydrogen) atoms. The predicted molar refractivity (Wildman–Crippen MR) is 126 cm³/mol. The standard InChI is InChI=1S/C22H27IN4O3/c1-27(20(28)14-26-22(30)18(25)9-5-6-12-24)19-11-10-16(23)13-17(19)21(29)15-7-3-2-4-8-15/h2-4,7-8,10-11,13,18H,5-6,9,12,14,24-25H2,1H3,(H,26,30)/t18-/m0/s1. The van der Waals surface area contributed by atoms with Crippen LogP contribution in [0.2, 0.25) is 0 Å².